The van der Waals surface area contributed by atoms with Gasteiger partial charge in [-0.25, -0.2) is 4.79 Å². The van der Waals surface area contributed by atoms with E-state index in [-0.39, 0.29) is 31.3 Å². The second kappa shape index (κ2) is 13.7. The highest BCUT2D eigenvalue weighted by Gasteiger charge is 2.44. The molecule has 0 radical (unpaired) electrons. The lowest BCUT2D eigenvalue weighted by atomic mass is 9.85. The number of carbonyl (C=O) groups is 6. The standard InChI is InChI=1S/C27H45N5O7/c1-7-15(2)10-18(21(34)23(28)35)30-24(36)19-11-16(3)13-32(19)25(37)22(27(4,5)6)31-26(38)29-12-20(33)39-14-17-8-9-17/h15-19,22H,7-14H2,1-6H3,(H2,28,35)(H,30,36)(H2,29,31,38)/t15?,16-,18?,19?,22?/m1/s1. The van der Waals surface area contributed by atoms with Gasteiger partial charge in [0.1, 0.15) is 18.6 Å². The Labute approximate surface area is 230 Å². The van der Waals surface area contributed by atoms with E-state index in [0.717, 1.165) is 19.3 Å². The predicted molar refractivity (Wildman–Crippen MR) is 143 cm³/mol. The van der Waals surface area contributed by atoms with E-state index in [0.29, 0.717) is 18.9 Å². The number of esters is 1. The van der Waals surface area contributed by atoms with Crippen LogP contribution < -0.4 is 21.7 Å². The minimum absolute atomic E-state index is 0.0137. The van der Waals surface area contributed by atoms with Crippen molar-refractivity contribution in [2.75, 3.05) is 19.7 Å². The lowest BCUT2D eigenvalue weighted by molar-refractivity contribution is -0.143. The van der Waals surface area contributed by atoms with Gasteiger partial charge in [-0.15, -0.1) is 0 Å². The number of nitrogens with one attached hydrogen (secondary N) is 3. The number of ether oxygens (including phenoxy) is 1. The van der Waals surface area contributed by atoms with Crippen LogP contribution in [0.15, 0.2) is 0 Å². The van der Waals surface area contributed by atoms with Gasteiger partial charge in [0.05, 0.1) is 12.6 Å². The largest absolute Gasteiger partial charge is 0.464 e. The van der Waals surface area contributed by atoms with Crippen LogP contribution in [0.25, 0.3) is 0 Å². The van der Waals surface area contributed by atoms with Crippen molar-refractivity contribution in [1.82, 2.24) is 20.9 Å². The van der Waals surface area contributed by atoms with Gasteiger partial charge < -0.3 is 31.3 Å². The molecule has 1 saturated carbocycles. The van der Waals surface area contributed by atoms with Crippen molar-refractivity contribution in [2.45, 2.75) is 91.8 Å². The molecule has 1 saturated heterocycles. The molecule has 220 valence electrons. The monoisotopic (exact) mass is 551 g/mol. The fourth-order valence-electron chi connectivity index (χ4n) is 4.47. The molecule has 0 aromatic rings. The Morgan fingerprint density at radius 2 is 1.72 bits per heavy atom. The molecule has 0 bridgehead atoms. The highest BCUT2D eigenvalue weighted by Crippen LogP contribution is 2.29. The first-order chi connectivity index (χ1) is 18.1. The van der Waals surface area contributed by atoms with E-state index in [1.807, 2.05) is 20.8 Å². The number of ketones is 1. The number of rotatable bonds is 13. The van der Waals surface area contributed by atoms with Crippen LogP contribution in [-0.2, 0) is 28.7 Å². The second-order valence-electron chi connectivity index (χ2n) is 12.1. The van der Waals surface area contributed by atoms with Crippen LogP contribution in [0.1, 0.15) is 73.6 Å². The molecule has 5 amide bonds. The normalized spacial score (nSPS) is 21.3. The van der Waals surface area contributed by atoms with Gasteiger partial charge in [0.25, 0.3) is 5.91 Å². The summed E-state index contributed by atoms with van der Waals surface area (Å²) in [5, 5.41) is 7.74. The summed E-state index contributed by atoms with van der Waals surface area (Å²) in [5.41, 5.74) is 4.48. The predicted octanol–water partition coefficient (Wildman–Crippen LogP) is 0.866. The summed E-state index contributed by atoms with van der Waals surface area (Å²) >= 11 is 0. The zero-order chi connectivity index (χ0) is 29.5. The van der Waals surface area contributed by atoms with Gasteiger partial charge in [-0.05, 0) is 48.9 Å². The molecule has 4 unspecified atom stereocenters. The third-order valence-electron chi connectivity index (χ3n) is 7.27. The first kappa shape index (κ1) is 32.0. The summed E-state index contributed by atoms with van der Waals surface area (Å²) in [4.78, 5) is 77.0. The number of carbonyl (C=O) groups excluding carboxylic acids is 6. The molecule has 39 heavy (non-hydrogen) atoms. The second-order valence-corrected chi connectivity index (χ2v) is 12.1. The number of primary amides is 1. The Hall–Kier alpha value is -3.18. The van der Waals surface area contributed by atoms with Gasteiger partial charge in [0.15, 0.2) is 0 Å². The molecule has 0 spiro atoms. The number of hydrogen-bond acceptors (Lipinski definition) is 7. The summed E-state index contributed by atoms with van der Waals surface area (Å²) in [5.74, 6) is -3.14. The summed E-state index contributed by atoms with van der Waals surface area (Å²) in [7, 11) is 0. The highest BCUT2D eigenvalue weighted by molar-refractivity contribution is 6.37. The molecular formula is C27H45N5O7. The van der Waals surface area contributed by atoms with Crippen LogP contribution in [0.3, 0.4) is 0 Å². The van der Waals surface area contributed by atoms with Crippen LogP contribution in [0.5, 0.6) is 0 Å². The summed E-state index contributed by atoms with van der Waals surface area (Å²) in [6.07, 6.45) is 3.40. The lowest BCUT2D eigenvalue weighted by Gasteiger charge is -2.35. The number of nitrogens with zero attached hydrogens (tertiary/aromatic N) is 1. The molecule has 0 aromatic heterocycles. The molecule has 0 aromatic carbocycles. The quantitative estimate of drug-likeness (QED) is 0.194. The Balaban J connectivity index is 2.10. The van der Waals surface area contributed by atoms with Crippen molar-refractivity contribution in [3.05, 3.63) is 0 Å². The minimum atomic E-state index is -1.13. The number of urea groups is 1. The number of hydrogen-bond donors (Lipinski definition) is 4. The highest BCUT2D eigenvalue weighted by atomic mass is 16.5. The van der Waals surface area contributed by atoms with E-state index in [1.165, 1.54) is 4.90 Å². The number of amides is 5. The van der Waals surface area contributed by atoms with Gasteiger partial charge in [-0.3, -0.25) is 24.0 Å². The first-order valence-electron chi connectivity index (χ1n) is 13.8. The maximum atomic E-state index is 13.7. The minimum Gasteiger partial charge on any atom is -0.464 e. The number of Topliss-reactive ketones (excluding diaryl/α,β-unsaturated/α-hetero) is 1. The van der Waals surface area contributed by atoms with E-state index in [2.05, 4.69) is 16.0 Å². The van der Waals surface area contributed by atoms with E-state index >= 15 is 0 Å². The first-order valence-corrected chi connectivity index (χ1v) is 13.8. The zero-order valence-electron chi connectivity index (χ0n) is 24.0. The molecule has 1 heterocycles. The van der Waals surface area contributed by atoms with Crippen molar-refractivity contribution in [2.24, 2.45) is 28.9 Å². The summed E-state index contributed by atoms with van der Waals surface area (Å²) < 4.78 is 5.11. The van der Waals surface area contributed by atoms with Crippen LogP contribution in [0, 0.1) is 23.2 Å². The topological polar surface area (TPSA) is 177 Å². The van der Waals surface area contributed by atoms with Gasteiger partial charge in [0, 0.05) is 6.54 Å². The third kappa shape index (κ3) is 9.81. The van der Waals surface area contributed by atoms with E-state index in [4.69, 9.17) is 10.5 Å². The van der Waals surface area contributed by atoms with Crippen molar-refractivity contribution < 1.29 is 33.5 Å². The summed E-state index contributed by atoms with van der Waals surface area (Å²) in [6, 6.07) is -3.69. The van der Waals surface area contributed by atoms with Crippen molar-refractivity contribution in [3.8, 4) is 0 Å². The van der Waals surface area contributed by atoms with Gasteiger partial charge in [-0.2, -0.15) is 0 Å². The summed E-state index contributed by atoms with van der Waals surface area (Å²) in [6.45, 7) is 11.4. The van der Waals surface area contributed by atoms with Gasteiger partial charge >= 0.3 is 12.0 Å². The third-order valence-corrected chi connectivity index (χ3v) is 7.27. The smallest absolute Gasteiger partial charge is 0.325 e. The van der Waals surface area contributed by atoms with E-state index in [9.17, 15) is 28.8 Å². The van der Waals surface area contributed by atoms with Gasteiger partial charge in [0.2, 0.25) is 17.6 Å². The molecule has 2 rings (SSSR count). The Bertz CT molecular complexity index is 943. The maximum absolute atomic E-state index is 13.7. The lowest BCUT2D eigenvalue weighted by Crippen LogP contribution is -2.60. The Kier molecular flexibility index (Phi) is 11.3. The molecule has 12 nitrogen and oxygen atoms in total. The number of nitrogens with two attached hydrogens (primary N) is 1. The zero-order valence-corrected chi connectivity index (χ0v) is 24.0. The van der Waals surface area contributed by atoms with Gasteiger partial charge in [-0.1, -0.05) is 48.0 Å². The van der Waals surface area contributed by atoms with E-state index in [1.54, 1.807) is 20.8 Å². The molecule has 5 N–H and O–H groups in total. The van der Waals surface area contributed by atoms with Crippen molar-refractivity contribution in [1.29, 1.82) is 0 Å². The molecule has 12 heteroatoms. The maximum Gasteiger partial charge on any atom is 0.325 e. The average molecular weight is 552 g/mol. The molecule has 5 atom stereocenters. The number of likely N-dealkylation sites (tertiary alicyclic amines) is 1. The van der Waals surface area contributed by atoms with Crippen LogP contribution in [-0.4, -0.2) is 78.2 Å². The fourth-order valence-corrected chi connectivity index (χ4v) is 4.47. The Morgan fingerprint density at radius 1 is 1.08 bits per heavy atom. The SMILES string of the molecule is CCC(C)CC(NC(=O)C1C[C@@H](C)CN1C(=O)C(NC(=O)NCC(=O)OCC1CC1)C(C)(C)C)C(=O)C(N)=O. The molecule has 1 aliphatic heterocycles. The Morgan fingerprint density at radius 3 is 2.26 bits per heavy atom. The molecule has 1 aliphatic carbocycles. The molecular weight excluding hydrogens is 506 g/mol. The molecule has 2 aliphatic rings. The van der Waals surface area contributed by atoms with E-state index < -0.39 is 59.0 Å². The van der Waals surface area contributed by atoms with Crippen molar-refractivity contribution in [3.63, 3.8) is 0 Å². The van der Waals surface area contributed by atoms with Crippen molar-refractivity contribution >= 4 is 35.5 Å². The van der Waals surface area contributed by atoms with Crippen LogP contribution in [0.4, 0.5) is 4.79 Å². The van der Waals surface area contributed by atoms with Crippen LogP contribution in [0.2, 0.25) is 0 Å². The molecule has 2 fully saturated rings. The fraction of sp³-hybridized carbons (Fsp3) is 0.778. The van der Waals surface area contributed by atoms with Crippen LogP contribution >= 0.6 is 0 Å². The average Bonchev–Trinajstić information content (AvgIpc) is 3.61.